The van der Waals surface area contributed by atoms with Crippen molar-refractivity contribution in [3.05, 3.63) is 41.7 Å². The number of unbranched alkanes of at least 4 members (excludes halogenated alkanes) is 1. The van der Waals surface area contributed by atoms with Crippen molar-refractivity contribution in [3.8, 4) is 0 Å². The number of nitrogens with zero attached hydrogens (tertiary/aromatic N) is 2. The lowest BCUT2D eigenvalue weighted by molar-refractivity contribution is -0.457. The highest BCUT2D eigenvalue weighted by atomic mass is 15.0. The molecule has 0 spiro atoms. The third kappa shape index (κ3) is 2.46. The van der Waals surface area contributed by atoms with E-state index in [2.05, 4.69) is 78.9 Å². The lowest BCUT2D eigenvalue weighted by atomic mass is 10.1. The van der Waals surface area contributed by atoms with E-state index in [9.17, 15) is 0 Å². The van der Waals surface area contributed by atoms with Gasteiger partial charge in [-0.2, -0.15) is 0 Å². The van der Waals surface area contributed by atoms with Gasteiger partial charge in [0.1, 0.15) is 14.1 Å². The Morgan fingerprint density at radius 1 is 1.10 bits per heavy atom. The third-order valence-electron chi connectivity index (χ3n) is 4.01. The van der Waals surface area contributed by atoms with Crippen LogP contribution in [0.1, 0.15) is 19.8 Å². The summed E-state index contributed by atoms with van der Waals surface area (Å²) in [5.41, 5.74) is 1.36. The first-order valence-electron chi connectivity index (χ1n) is 7.73. The van der Waals surface area contributed by atoms with Gasteiger partial charge in [0.05, 0.1) is 5.35 Å². The molecule has 0 radical (unpaired) electrons. The summed E-state index contributed by atoms with van der Waals surface area (Å²) >= 11 is 0. The second kappa shape index (κ2) is 5.72. The van der Waals surface area contributed by atoms with E-state index in [1.807, 2.05) is 0 Å². The first-order chi connectivity index (χ1) is 10.2. The van der Waals surface area contributed by atoms with Crippen LogP contribution in [0, 0.1) is 0 Å². The van der Waals surface area contributed by atoms with Crippen molar-refractivity contribution >= 4 is 34.0 Å². The van der Waals surface area contributed by atoms with Crippen LogP contribution in [0.2, 0.25) is 0 Å². The van der Waals surface area contributed by atoms with Crippen LogP contribution < -0.4 is 5.35 Å². The Kier molecular flexibility index (Phi) is 3.78. The smallest absolute Gasteiger partial charge is 0.165 e. The predicted molar refractivity (Wildman–Crippen MR) is 92.2 cm³/mol. The first kappa shape index (κ1) is 13.9. The summed E-state index contributed by atoms with van der Waals surface area (Å²) in [4.78, 5) is 0. The van der Waals surface area contributed by atoms with Crippen molar-refractivity contribution < 1.29 is 4.58 Å². The molecule has 0 atom stereocenters. The Morgan fingerprint density at radius 2 is 1.86 bits per heavy atom. The average molecular weight is 279 g/mol. The molecule has 0 bridgehead atoms. The van der Waals surface area contributed by atoms with Gasteiger partial charge in [-0.05, 0) is 17.9 Å². The van der Waals surface area contributed by atoms with Gasteiger partial charge >= 0.3 is 0 Å². The van der Waals surface area contributed by atoms with Gasteiger partial charge in [-0.3, -0.25) is 0 Å². The van der Waals surface area contributed by atoms with E-state index in [0.29, 0.717) is 0 Å². The fourth-order valence-corrected chi connectivity index (χ4v) is 2.99. The second-order valence-electron chi connectivity index (χ2n) is 5.85. The highest BCUT2D eigenvalue weighted by molar-refractivity contribution is 6.11. The quantitative estimate of drug-likeness (QED) is 0.510. The Morgan fingerprint density at radius 3 is 2.57 bits per heavy atom. The number of aryl methyl sites for hydroxylation is 1. The minimum absolute atomic E-state index is 1.08. The zero-order chi connectivity index (χ0) is 14.8. The monoisotopic (exact) mass is 279 g/mol. The maximum Gasteiger partial charge on any atom is 0.165 e. The molecule has 0 N–H and O–H groups in total. The molecule has 0 saturated carbocycles. The maximum absolute atomic E-state index is 2.47. The number of benzene rings is 2. The molecule has 3 aromatic rings. The largest absolute Gasteiger partial charge is 0.340 e. The molecular formula is C19H23N2+. The Hall–Kier alpha value is -2.09. The molecule has 2 heteroatoms. The van der Waals surface area contributed by atoms with Gasteiger partial charge in [-0.15, -0.1) is 0 Å². The Balaban J connectivity index is 2.39. The Labute approximate surface area is 126 Å². The Bertz CT molecular complexity index is 843. The van der Waals surface area contributed by atoms with E-state index in [1.165, 1.54) is 39.9 Å². The molecule has 3 rings (SSSR count). The van der Waals surface area contributed by atoms with Gasteiger partial charge in [0.15, 0.2) is 6.21 Å². The second-order valence-corrected chi connectivity index (χ2v) is 5.85. The highest BCUT2D eigenvalue weighted by Gasteiger charge is 2.10. The minimum atomic E-state index is 1.08. The fourth-order valence-electron chi connectivity index (χ4n) is 2.99. The standard InChI is InChI=1S/C19H23N2/c1-4-5-13-21-17(12-14-20(2)3)16-10-6-8-15-9-7-11-18(21)19(15)16/h6-12,14H,4-5,13H2,1-3H3/q+1. The number of hydrogen-bond donors (Lipinski definition) is 0. The van der Waals surface area contributed by atoms with Crippen LogP contribution >= 0.6 is 0 Å². The van der Waals surface area contributed by atoms with Crippen molar-refractivity contribution in [3.63, 3.8) is 0 Å². The van der Waals surface area contributed by atoms with Crippen LogP contribution in [0.15, 0.2) is 36.4 Å². The van der Waals surface area contributed by atoms with Gasteiger partial charge in [-0.1, -0.05) is 43.7 Å². The van der Waals surface area contributed by atoms with Crippen LogP contribution in [0.5, 0.6) is 0 Å². The molecule has 0 aliphatic heterocycles. The summed E-state index contributed by atoms with van der Waals surface area (Å²) in [6.45, 7) is 3.33. The summed E-state index contributed by atoms with van der Waals surface area (Å²) < 4.78 is 4.56. The average Bonchev–Trinajstić information content (AvgIpc) is 2.79. The number of hydrogen-bond acceptors (Lipinski definition) is 0. The van der Waals surface area contributed by atoms with E-state index in [-0.39, 0.29) is 0 Å². The van der Waals surface area contributed by atoms with Gasteiger partial charge in [0.2, 0.25) is 0 Å². The lowest BCUT2D eigenvalue weighted by Crippen LogP contribution is -2.17. The summed E-state index contributed by atoms with van der Waals surface area (Å²) in [5, 5.41) is 5.41. The van der Waals surface area contributed by atoms with Crippen LogP contribution in [-0.2, 0) is 6.54 Å². The van der Waals surface area contributed by atoms with Crippen molar-refractivity contribution in [1.82, 2.24) is 4.57 Å². The molecule has 0 aliphatic carbocycles. The SMILES string of the molecule is CCCCn1/c(=C/C=[N+](C)C)c2cccc3cccc1c32. The minimum Gasteiger partial charge on any atom is -0.340 e. The zero-order valence-electron chi connectivity index (χ0n) is 13.1. The summed E-state index contributed by atoms with van der Waals surface area (Å²) in [6, 6.07) is 13.2. The normalized spacial score (nSPS) is 12.4. The molecule has 2 nitrogen and oxygen atoms in total. The van der Waals surface area contributed by atoms with Crippen LogP contribution in [0.4, 0.5) is 0 Å². The van der Waals surface area contributed by atoms with Crippen molar-refractivity contribution in [2.45, 2.75) is 26.3 Å². The molecule has 1 aromatic heterocycles. The molecule has 0 aliphatic rings. The molecule has 21 heavy (non-hydrogen) atoms. The summed E-state index contributed by atoms with van der Waals surface area (Å²) in [7, 11) is 4.13. The van der Waals surface area contributed by atoms with Crippen LogP contribution in [-0.4, -0.2) is 29.5 Å². The topological polar surface area (TPSA) is 7.94 Å². The van der Waals surface area contributed by atoms with E-state index in [1.54, 1.807) is 0 Å². The summed E-state index contributed by atoms with van der Waals surface area (Å²) in [6.07, 6.45) is 6.81. The number of rotatable bonds is 4. The van der Waals surface area contributed by atoms with E-state index in [4.69, 9.17) is 0 Å². The van der Waals surface area contributed by atoms with Crippen molar-refractivity contribution in [2.24, 2.45) is 0 Å². The van der Waals surface area contributed by atoms with Gasteiger partial charge in [-0.25, -0.2) is 4.58 Å². The molecule has 1 heterocycles. The molecule has 0 fully saturated rings. The zero-order valence-corrected chi connectivity index (χ0v) is 13.1. The lowest BCUT2D eigenvalue weighted by Gasteiger charge is -2.05. The molecule has 0 saturated heterocycles. The van der Waals surface area contributed by atoms with Crippen LogP contribution in [0.25, 0.3) is 27.8 Å². The molecule has 0 amide bonds. The van der Waals surface area contributed by atoms with E-state index >= 15 is 0 Å². The first-order valence-corrected chi connectivity index (χ1v) is 7.73. The van der Waals surface area contributed by atoms with E-state index < -0.39 is 0 Å². The highest BCUT2D eigenvalue weighted by Crippen LogP contribution is 2.25. The number of aromatic nitrogens is 1. The third-order valence-corrected chi connectivity index (χ3v) is 4.01. The summed E-state index contributed by atoms with van der Waals surface area (Å²) in [5.74, 6) is 0. The van der Waals surface area contributed by atoms with Crippen LogP contribution in [0.3, 0.4) is 0 Å². The predicted octanol–water partition coefficient (Wildman–Crippen LogP) is 3.44. The van der Waals surface area contributed by atoms with Gasteiger partial charge in [0.25, 0.3) is 0 Å². The molecule has 0 unspecified atom stereocenters. The molecule has 108 valence electrons. The fraction of sp³-hybridized carbons (Fsp3) is 0.316. The van der Waals surface area contributed by atoms with Crippen molar-refractivity contribution in [2.75, 3.05) is 14.1 Å². The van der Waals surface area contributed by atoms with Gasteiger partial charge in [0, 0.05) is 28.9 Å². The van der Waals surface area contributed by atoms with E-state index in [0.717, 1.165) is 6.54 Å². The van der Waals surface area contributed by atoms with Crippen molar-refractivity contribution in [1.29, 1.82) is 0 Å². The molecular weight excluding hydrogens is 256 g/mol. The van der Waals surface area contributed by atoms with Gasteiger partial charge < -0.3 is 4.57 Å². The molecule has 2 aromatic carbocycles. The maximum atomic E-state index is 2.47.